The van der Waals surface area contributed by atoms with Gasteiger partial charge in [-0.2, -0.15) is 0 Å². The van der Waals surface area contributed by atoms with Crippen LogP contribution in [0.1, 0.15) is 38.9 Å². The number of benzene rings is 1. The van der Waals surface area contributed by atoms with Gasteiger partial charge >= 0.3 is 0 Å². The van der Waals surface area contributed by atoms with E-state index in [0.717, 1.165) is 13.0 Å². The number of aliphatic hydroxyl groups is 1. The highest BCUT2D eigenvalue weighted by atomic mass is 19.1. The summed E-state index contributed by atoms with van der Waals surface area (Å²) in [5, 5.41) is 9.75. The molecule has 1 saturated heterocycles. The van der Waals surface area contributed by atoms with Crippen LogP contribution in [0.4, 0.5) is 10.1 Å². The largest absolute Gasteiger partial charge is 0.389 e. The van der Waals surface area contributed by atoms with Crippen LogP contribution in [0, 0.1) is 11.7 Å². The van der Waals surface area contributed by atoms with E-state index in [4.69, 9.17) is 0 Å². The molecule has 1 aliphatic heterocycles. The number of rotatable bonds is 2. The smallest absolute Gasteiger partial charge is 0.146 e. The van der Waals surface area contributed by atoms with Gasteiger partial charge in [-0.05, 0) is 32.3 Å². The Morgan fingerprint density at radius 2 is 2.12 bits per heavy atom. The quantitative estimate of drug-likeness (QED) is 0.854. The van der Waals surface area contributed by atoms with E-state index in [1.165, 1.54) is 6.07 Å². The second kappa shape index (κ2) is 4.65. The van der Waals surface area contributed by atoms with Crippen LogP contribution in [0.3, 0.4) is 0 Å². The summed E-state index contributed by atoms with van der Waals surface area (Å²) in [5.41, 5.74) is 1.27. The van der Waals surface area contributed by atoms with Crippen molar-refractivity contribution in [3.63, 3.8) is 0 Å². The average molecular weight is 237 g/mol. The van der Waals surface area contributed by atoms with Gasteiger partial charge in [0.1, 0.15) is 5.82 Å². The van der Waals surface area contributed by atoms with E-state index in [1.807, 2.05) is 0 Å². The van der Waals surface area contributed by atoms with E-state index in [0.29, 0.717) is 23.2 Å². The van der Waals surface area contributed by atoms with Crippen molar-refractivity contribution in [2.45, 2.75) is 39.3 Å². The molecule has 0 spiro atoms. The Morgan fingerprint density at radius 3 is 2.65 bits per heavy atom. The number of para-hydroxylation sites is 1. The molecule has 17 heavy (non-hydrogen) atoms. The molecule has 2 rings (SSSR count). The van der Waals surface area contributed by atoms with Gasteiger partial charge in [-0.3, -0.25) is 0 Å². The van der Waals surface area contributed by atoms with Crippen molar-refractivity contribution < 1.29 is 9.50 Å². The molecule has 1 aromatic carbocycles. The second-order valence-electron chi connectivity index (χ2n) is 5.20. The zero-order valence-corrected chi connectivity index (χ0v) is 10.7. The second-order valence-corrected chi connectivity index (χ2v) is 5.20. The molecule has 0 amide bonds. The summed E-state index contributed by atoms with van der Waals surface area (Å²) >= 11 is 0. The normalized spacial score (nSPS) is 26.3. The SMILES string of the molecule is CC1CC(C)N(c2c(F)cccc2[C@@H](C)O)C1. The highest BCUT2D eigenvalue weighted by Gasteiger charge is 2.30. The molecule has 1 aliphatic rings. The van der Waals surface area contributed by atoms with Gasteiger partial charge in [-0.25, -0.2) is 4.39 Å². The van der Waals surface area contributed by atoms with Crippen LogP contribution in [0.5, 0.6) is 0 Å². The lowest BCUT2D eigenvalue weighted by Gasteiger charge is -2.27. The fourth-order valence-electron chi connectivity index (χ4n) is 2.78. The molecular formula is C14H20FNO. The molecular weight excluding hydrogens is 217 g/mol. The molecule has 1 N–H and O–H groups in total. The lowest BCUT2D eigenvalue weighted by atomic mass is 10.1. The van der Waals surface area contributed by atoms with Crippen LogP contribution in [-0.4, -0.2) is 17.7 Å². The van der Waals surface area contributed by atoms with Gasteiger partial charge in [0.15, 0.2) is 0 Å². The summed E-state index contributed by atoms with van der Waals surface area (Å²) in [4.78, 5) is 2.09. The molecule has 1 fully saturated rings. The van der Waals surface area contributed by atoms with E-state index in [1.54, 1.807) is 19.1 Å². The van der Waals surface area contributed by atoms with E-state index in [-0.39, 0.29) is 5.82 Å². The fourth-order valence-corrected chi connectivity index (χ4v) is 2.78. The molecule has 0 aromatic heterocycles. The Hall–Kier alpha value is -1.09. The number of aliphatic hydroxyl groups excluding tert-OH is 1. The maximum atomic E-state index is 14.0. The molecule has 0 radical (unpaired) electrons. The Labute approximate surface area is 102 Å². The fraction of sp³-hybridized carbons (Fsp3) is 0.571. The first-order chi connectivity index (χ1) is 8.00. The summed E-state index contributed by atoms with van der Waals surface area (Å²) in [5.74, 6) is 0.343. The van der Waals surface area contributed by atoms with Gasteiger partial charge in [0.05, 0.1) is 11.8 Å². The number of nitrogens with zero attached hydrogens (tertiary/aromatic N) is 1. The van der Waals surface area contributed by atoms with Crippen molar-refractivity contribution in [1.29, 1.82) is 0 Å². The zero-order valence-electron chi connectivity index (χ0n) is 10.7. The summed E-state index contributed by atoms with van der Waals surface area (Å²) in [7, 11) is 0. The number of hydrogen-bond donors (Lipinski definition) is 1. The van der Waals surface area contributed by atoms with Crippen LogP contribution < -0.4 is 4.90 Å². The minimum absolute atomic E-state index is 0.232. The van der Waals surface area contributed by atoms with Gasteiger partial charge in [0.25, 0.3) is 0 Å². The predicted octanol–water partition coefficient (Wildman–Crippen LogP) is 3.11. The van der Waals surface area contributed by atoms with Gasteiger partial charge in [0.2, 0.25) is 0 Å². The number of anilines is 1. The Kier molecular flexibility index (Phi) is 3.38. The first-order valence-corrected chi connectivity index (χ1v) is 6.23. The minimum atomic E-state index is -0.635. The van der Waals surface area contributed by atoms with Crippen molar-refractivity contribution in [2.75, 3.05) is 11.4 Å². The summed E-state index contributed by atoms with van der Waals surface area (Å²) in [6.07, 6.45) is 0.442. The lowest BCUT2D eigenvalue weighted by molar-refractivity contribution is 0.199. The van der Waals surface area contributed by atoms with Gasteiger partial charge < -0.3 is 10.0 Å². The number of halogens is 1. The first-order valence-electron chi connectivity index (χ1n) is 6.23. The van der Waals surface area contributed by atoms with Crippen LogP contribution in [0.25, 0.3) is 0 Å². The van der Waals surface area contributed by atoms with Gasteiger partial charge in [-0.1, -0.05) is 19.1 Å². The van der Waals surface area contributed by atoms with E-state index >= 15 is 0 Å². The van der Waals surface area contributed by atoms with Crippen molar-refractivity contribution in [1.82, 2.24) is 0 Å². The molecule has 94 valence electrons. The average Bonchev–Trinajstić information content (AvgIpc) is 2.57. The highest BCUT2D eigenvalue weighted by molar-refractivity contribution is 5.57. The van der Waals surface area contributed by atoms with Gasteiger partial charge in [0, 0.05) is 18.2 Å². The molecule has 0 bridgehead atoms. The molecule has 3 heteroatoms. The third-order valence-electron chi connectivity index (χ3n) is 3.54. The van der Waals surface area contributed by atoms with E-state index in [9.17, 15) is 9.50 Å². The maximum Gasteiger partial charge on any atom is 0.146 e. The molecule has 2 unspecified atom stereocenters. The standard InChI is InChI=1S/C14H20FNO/c1-9-7-10(2)16(8-9)14-12(11(3)17)5-4-6-13(14)15/h4-6,9-11,17H,7-8H2,1-3H3/t9?,10?,11-/m1/s1. The molecule has 0 aliphatic carbocycles. The maximum absolute atomic E-state index is 14.0. The number of hydrogen-bond acceptors (Lipinski definition) is 2. The lowest BCUT2D eigenvalue weighted by Crippen LogP contribution is -2.29. The first kappa shape index (κ1) is 12.4. The highest BCUT2D eigenvalue weighted by Crippen LogP contribution is 2.35. The Morgan fingerprint density at radius 1 is 1.41 bits per heavy atom. The monoisotopic (exact) mass is 237 g/mol. The van der Waals surface area contributed by atoms with Gasteiger partial charge in [-0.15, -0.1) is 0 Å². The predicted molar refractivity (Wildman–Crippen MR) is 67.6 cm³/mol. The molecule has 2 nitrogen and oxygen atoms in total. The van der Waals surface area contributed by atoms with Crippen LogP contribution in [0.2, 0.25) is 0 Å². The van der Waals surface area contributed by atoms with Crippen LogP contribution >= 0.6 is 0 Å². The van der Waals surface area contributed by atoms with Crippen molar-refractivity contribution in [3.05, 3.63) is 29.6 Å². The van der Waals surface area contributed by atoms with Crippen LogP contribution in [0.15, 0.2) is 18.2 Å². The molecule has 1 aromatic rings. The third-order valence-corrected chi connectivity index (χ3v) is 3.54. The van der Waals surface area contributed by atoms with Crippen molar-refractivity contribution in [2.24, 2.45) is 5.92 Å². The Bertz CT molecular complexity index is 405. The minimum Gasteiger partial charge on any atom is -0.389 e. The van der Waals surface area contributed by atoms with Crippen molar-refractivity contribution >= 4 is 5.69 Å². The van der Waals surface area contributed by atoms with E-state index < -0.39 is 6.10 Å². The summed E-state index contributed by atoms with van der Waals surface area (Å²) in [6.45, 7) is 6.84. The summed E-state index contributed by atoms with van der Waals surface area (Å²) < 4.78 is 14.0. The molecule has 1 heterocycles. The molecule has 3 atom stereocenters. The topological polar surface area (TPSA) is 23.5 Å². The van der Waals surface area contributed by atoms with Crippen molar-refractivity contribution in [3.8, 4) is 0 Å². The third kappa shape index (κ3) is 2.29. The van der Waals surface area contributed by atoms with E-state index in [2.05, 4.69) is 18.7 Å². The molecule has 0 saturated carbocycles. The Balaban J connectivity index is 2.43. The van der Waals surface area contributed by atoms with Crippen LogP contribution in [-0.2, 0) is 0 Å². The summed E-state index contributed by atoms with van der Waals surface area (Å²) in [6, 6.07) is 5.26. The zero-order chi connectivity index (χ0) is 12.6.